The molecular formula is C13H14ClNO2. The van der Waals surface area contributed by atoms with Crippen molar-refractivity contribution in [3.63, 3.8) is 0 Å². The zero-order valence-electron chi connectivity index (χ0n) is 9.49. The van der Waals surface area contributed by atoms with Crippen molar-refractivity contribution in [2.24, 2.45) is 0 Å². The number of hydrogen-bond donors (Lipinski definition) is 0. The van der Waals surface area contributed by atoms with Crippen molar-refractivity contribution in [1.82, 2.24) is 5.06 Å². The minimum absolute atomic E-state index is 0.109. The Morgan fingerprint density at radius 1 is 1.29 bits per heavy atom. The summed E-state index contributed by atoms with van der Waals surface area (Å²) in [4.78, 5) is 17.7. The summed E-state index contributed by atoms with van der Waals surface area (Å²) < 4.78 is 0. The van der Waals surface area contributed by atoms with Crippen molar-refractivity contribution in [2.45, 2.75) is 24.7 Å². The van der Waals surface area contributed by atoms with Crippen LogP contribution in [-0.2, 0) is 15.0 Å². The van der Waals surface area contributed by atoms with Crippen LogP contribution in [0.4, 0.5) is 0 Å². The van der Waals surface area contributed by atoms with Gasteiger partial charge in [0, 0.05) is 5.02 Å². The Morgan fingerprint density at radius 3 is 2.53 bits per heavy atom. The summed E-state index contributed by atoms with van der Waals surface area (Å²) in [5.74, 6) is 0.109. The van der Waals surface area contributed by atoms with Crippen molar-refractivity contribution < 1.29 is 9.63 Å². The Balaban J connectivity index is 1.85. The first-order valence-electron chi connectivity index (χ1n) is 5.93. The van der Waals surface area contributed by atoms with E-state index in [1.54, 1.807) is 0 Å². The third kappa shape index (κ3) is 1.83. The lowest BCUT2D eigenvalue weighted by molar-refractivity contribution is -0.171. The van der Waals surface area contributed by atoms with Crippen LogP contribution in [-0.4, -0.2) is 24.1 Å². The van der Waals surface area contributed by atoms with Crippen molar-refractivity contribution >= 4 is 17.5 Å². The third-order valence-electron chi connectivity index (χ3n) is 3.54. The van der Waals surface area contributed by atoms with Gasteiger partial charge in [-0.15, -0.1) is 0 Å². The molecule has 1 aromatic carbocycles. The van der Waals surface area contributed by atoms with Gasteiger partial charge in [0.25, 0.3) is 5.91 Å². The van der Waals surface area contributed by atoms with Gasteiger partial charge >= 0.3 is 0 Å². The molecule has 2 fully saturated rings. The molecule has 90 valence electrons. The molecular weight excluding hydrogens is 238 g/mol. The largest absolute Gasteiger partial charge is 0.272 e. The number of carbonyl (C=O) groups excluding carboxylic acids is 1. The molecule has 1 saturated heterocycles. The molecule has 0 N–H and O–H groups in total. The lowest BCUT2D eigenvalue weighted by atomic mass is 9.95. The summed E-state index contributed by atoms with van der Waals surface area (Å²) in [6, 6.07) is 7.58. The van der Waals surface area contributed by atoms with Gasteiger partial charge in [-0.1, -0.05) is 23.7 Å². The fraction of sp³-hybridized carbons (Fsp3) is 0.462. The molecule has 1 amide bonds. The summed E-state index contributed by atoms with van der Waals surface area (Å²) in [7, 11) is 0. The average Bonchev–Trinajstić information content (AvgIpc) is 2.97. The smallest absolute Gasteiger partial charge is 0.256 e. The molecule has 2 aliphatic rings. The second kappa shape index (κ2) is 4.00. The zero-order chi connectivity index (χ0) is 11.9. The van der Waals surface area contributed by atoms with E-state index in [9.17, 15) is 4.79 Å². The first-order chi connectivity index (χ1) is 8.22. The molecule has 17 heavy (non-hydrogen) atoms. The molecule has 1 aliphatic heterocycles. The number of hydroxylamine groups is 2. The lowest BCUT2D eigenvalue weighted by Crippen LogP contribution is -2.36. The van der Waals surface area contributed by atoms with Gasteiger partial charge in [0.2, 0.25) is 0 Å². The Labute approximate surface area is 105 Å². The summed E-state index contributed by atoms with van der Waals surface area (Å²) in [5.41, 5.74) is 0.719. The topological polar surface area (TPSA) is 29.5 Å². The molecule has 1 aromatic rings. The molecule has 1 aliphatic carbocycles. The maximum Gasteiger partial charge on any atom is 0.256 e. The average molecular weight is 252 g/mol. The van der Waals surface area contributed by atoms with E-state index in [4.69, 9.17) is 16.4 Å². The van der Waals surface area contributed by atoms with Gasteiger partial charge in [0.1, 0.15) is 0 Å². The van der Waals surface area contributed by atoms with E-state index < -0.39 is 0 Å². The maximum atomic E-state index is 12.4. The SMILES string of the molecule is O=C(N1CCCO1)C1(c2ccc(Cl)cc2)CC1. The van der Waals surface area contributed by atoms with E-state index in [0.29, 0.717) is 18.2 Å². The van der Waals surface area contributed by atoms with Crippen molar-refractivity contribution in [3.05, 3.63) is 34.9 Å². The highest BCUT2D eigenvalue weighted by molar-refractivity contribution is 6.30. The molecule has 0 radical (unpaired) electrons. The summed E-state index contributed by atoms with van der Waals surface area (Å²) in [5, 5.41) is 2.23. The first kappa shape index (κ1) is 11.1. The summed E-state index contributed by atoms with van der Waals surface area (Å²) in [6.45, 7) is 1.37. The van der Waals surface area contributed by atoms with Gasteiger partial charge in [-0.05, 0) is 37.0 Å². The summed E-state index contributed by atoms with van der Waals surface area (Å²) >= 11 is 5.87. The van der Waals surface area contributed by atoms with Gasteiger partial charge in [-0.25, -0.2) is 5.06 Å². The maximum absolute atomic E-state index is 12.4. The van der Waals surface area contributed by atoms with Crippen molar-refractivity contribution in [1.29, 1.82) is 0 Å². The van der Waals surface area contributed by atoms with Gasteiger partial charge in [0.05, 0.1) is 18.6 Å². The summed E-state index contributed by atoms with van der Waals surface area (Å²) in [6.07, 6.45) is 2.75. The first-order valence-corrected chi connectivity index (χ1v) is 6.31. The van der Waals surface area contributed by atoms with E-state index in [1.165, 1.54) is 5.06 Å². The monoisotopic (exact) mass is 251 g/mol. The Bertz CT molecular complexity index is 433. The normalized spacial score (nSPS) is 21.6. The van der Waals surface area contributed by atoms with Crippen LogP contribution >= 0.6 is 11.6 Å². The quantitative estimate of drug-likeness (QED) is 0.809. The zero-order valence-corrected chi connectivity index (χ0v) is 10.2. The lowest BCUT2D eigenvalue weighted by Gasteiger charge is -2.21. The molecule has 0 unspecified atom stereocenters. The molecule has 0 bridgehead atoms. The Kier molecular flexibility index (Phi) is 2.60. The number of halogens is 1. The molecule has 3 rings (SSSR count). The van der Waals surface area contributed by atoms with E-state index >= 15 is 0 Å². The van der Waals surface area contributed by atoms with Gasteiger partial charge in [-0.3, -0.25) is 9.63 Å². The predicted molar refractivity (Wildman–Crippen MR) is 64.6 cm³/mol. The third-order valence-corrected chi connectivity index (χ3v) is 3.79. The molecule has 1 saturated carbocycles. The van der Waals surface area contributed by atoms with Crippen molar-refractivity contribution in [2.75, 3.05) is 13.2 Å². The van der Waals surface area contributed by atoms with Crippen LogP contribution in [0.1, 0.15) is 24.8 Å². The highest BCUT2D eigenvalue weighted by Gasteiger charge is 2.53. The van der Waals surface area contributed by atoms with E-state index in [0.717, 1.165) is 24.8 Å². The number of benzene rings is 1. The van der Waals surface area contributed by atoms with E-state index in [2.05, 4.69) is 0 Å². The second-order valence-electron chi connectivity index (χ2n) is 4.68. The van der Waals surface area contributed by atoms with Crippen molar-refractivity contribution in [3.8, 4) is 0 Å². The number of rotatable bonds is 2. The number of hydrogen-bond acceptors (Lipinski definition) is 2. The van der Waals surface area contributed by atoms with E-state index in [1.807, 2.05) is 24.3 Å². The van der Waals surface area contributed by atoms with Crippen LogP contribution in [0.5, 0.6) is 0 Å². The van der Waals surface area contributed by atoms with Gasteiger partial charge < -0.3 is 0 Å². The molecule has 0 atom stereocenters. The highest BCUT2D eigenvalue weighted by Crippen LogP contribution is 2.50. The fourth-order valence-electron chi connectivity index (χ4n) is 2.37. The van der Waals surface area contributed by atoms with Crippen LogP contribution in [0.3, 0.4) is 0 Å². The molecule has 0 spiro atoms. The fourth-order valence-corrected chi connectivity index (χ4v) is 2.49. The Morgan fingerprint density at radius 2 is 2.00 bits per heavy atom. The van der Waals surface area contributed by atoms with Crippen LogP contribution in [0.2, 0.25) is 5.02 Å². The van der Waals surface area contributed by atoms with Gasteiger partial charge in [-0.2, -0.15) is 0 Å². The number of carbonyl (C=O) groups is 1. The second-order valence-corrected chi connectivity index (χ2v) is 5.12. The van der Waals surface area contributed by atoms with E-state index in [-0.39, 0.29) is 11.3 Å². The van der Waals surface area contributed by atoms with Crippen LogP contribution < -0.4 is 0 Å². The minimum atomic E-state index is -0.338. The van der Waals surface area contributed by atoms with Crippen LogP contribution in [0.25, 0.3) is 0 Å². The van der Waals surface area contributed by atoms with Crippen LogP contribution in [0, 0.1) is 0 Å². The molecule has 3 nitrogen and oxygen atoms in total. The molecule has 0 aromatic heterocycles. The number of amides is 1. The van der Waals surface area contributed by atoms with Crippen LogP contribution in [0.15, 0.2) is 24.3 Å². The Hall–Kier alpha value is -1.06. The predicted octanol–water partition coefficient (Wildman–Crippen LogP) is 2.54. The number of nitrogens with zero attached hydrogens (tertiary/aromatic N) is 1. The standard InChI is InChI=1S/C13H14ClNO2/c14-11-4-2-10(3-5-11)13(6-7-13)12(16)15-8-1-9-17-15/h2-5H,1,6-9H2. The van der Waals surface area contributed by atoms with Gasteiger partial charge in [0.15, 0.2) is 0 Å². The minimum Gasteiger partial charge on any atom is -0.272 e. The molecule has 1 heterocycles. The highest BCUT2D eigenvalue weighted by atomic mass is 35.5. The molecule has 4 heteroatoms.